The molecule has 1 heterocycles. The number of nitrogens with one attached hydrogen (secondary N) is 2. The highest BCUT2D eigenvalue weighted by Crippen LogP contribution is 2.29. The van der Waals surface area contributed by atoms with Gasteiger partial charge in [0, 0.05) is 18.0 Å². The van der Waals surface area contributed by atoms with Crippen molar-refractivity contribution in [2.24, 2.45) is 0 Å². The van der Waals surface area contributed by atoms with Crippen LogP contribution in [0.3, 0.4) is 0 Å². The summed E-state index contributed by atoms with van der Waals surface area (Å²) < 4.78 is 31.5. The summed E-state index contributed by atoms with van der Waals surface area (Å²) in [7, 11) is -2.63. The molecule has 1 aromatic heterocycles. The van der Waals surface area contributed by atoms with Crippen molar-refractivity contribution < 1.29 is 18.1 Å². The van der Waals surface area contributed by atoms with Gasteiger partial charge >= 0.3 is 5.69 Å². The number of aromatic amines is 1. The summed E-state index contributed by atoms with van der Waals surface area (Å²) in [6, 6.07) is 3.43. The number of nitro groups is 1. The van der Waals surface area contributed by atoms with Gasteiger partial charge in [0.25, 0.3) is 0 Å². The molecule has 0 fully saturated rings. The molecule has 0 amide bonds. The molecular weight excluding hydrogens is 312 g/mol. The Morgan fingerprint density at radius 3 is 2.73 bits per heavy atom. The van der Waals surface area contributed by atoms with Gasteiger partial charge in [-0.3, -0.25) is 10.1 Å². The van der Waals surface area contributed by atoms with Crippen molar-refractivity contribution in [2.45, 2.75) is 18.4 Å². The van der Waals surface area contributed by atoms with Gasteiger partial charge in [0.15, 0.2) is 5.75 Å². The van der Waals surface area contributed by atoms with Crippen LogP contribution in [0.4, 0.5) is 5.69 Å². The van der Waals surface area contributed by atoms with Crippen molar-refractivity contribution in [3.05, 3.63) is 46.0 Å². The number of rotatable bonds is 6. The standard InChI is InChI=1S/C12H14N4O5S/c1-8-6-13-12(15-8)7-14-22(19,20)9-3-4-11(21-2)10(5-9)16(17)18/h3-6,14H,7H2,1-2H3,(H,13,15). The van der Waals surface area contributed by atoms with Crippen molar-refractivity contribution in [1.82, 2.24) is 14.7 Å². The van der Waals surface area contributed by atoms with E-state index < -0.39 is 20.6 Å². The number of aromatic nitrogens is 2. The number of hydrogen-bond acceptors (Lipinski definition) is 6. The average molecular weight is 326 g/mol. The number of sulfonamides is 1. The highest BCUT2D eigenvalue weighted by Gasteiger charge is 2.22. The number of hydrogen-bond donors (Lipinski definition) is 2. The van der Waals surface area contributed by atoms with Gasteiger partial charge < -0.3 is 9.72 Å². The molecule has 2 N–H and O–H groups in total. The quantitative estimate of drug-likeness (QED) is 0.604. The van der Waals surface area contributed by atoms with Crippen LogP contribution in [-0.4, -0.2) is 30.4 Å². The summed E-state index contributed by atoms with van der Waals surface area (Å²) in [5.74, 6) is 0.440. The van der Waals surface area contributed by atoms with E-state index in [-0.39, 0.29) is 17.2 Å². The van der Waals surface area contributed by atoms with Gasteiger partial charge in [0.05, 0.1) is 23.5 Å². The lowest BCUT2D eigenvalue weighted by atomic mass is 10.3. The highest BCUT2D eigenvalue weighted by molar-refractivity contribution is 7.89. The molecule has 2 rings (SSSR count). The van der Waals surface area contributed by atoms with Gasteiger partial charge in [-0.2, -0.15) is 0 Å². The molecule has 0 radical (unpaired) electrons. The molecule has 1 aromatic carbocycles. The van der Waals surface area contributed by atoms with Gasteiger partial charge in [0.2, 0.25) is 10.0 Å². The van der Waals surface area contributed by atoms with Crippen LogP contribution in [0.25, 0.3) is 0 Å². The van der Waals surface area contributed by atoms with E-state index in [1.807, 2.05) is 0 Å². The Kier molecular flexibility index (Phi) is 4.43. The Labute approximate surface area is 126 Å². The molecule has 0 unspecified atom stereocenters. The van der Waals surface area contributed by atoms with Gasteiger partial charge in [-0.1, -0.05) is 0 Å². The zero-order valence-corrected chi connectivity index (χ0v) is 12.7. The Hall–Kier alpha value is -2.46. The predicted octanol–water partition coefficient (Wildman–Crippen LogP) is 1.11. The number of ether oxygens (including phenoxy) is 1. The molecule has 0 aliphatic carbocycles. The van der Waals surface area contributed by atoms with Crippen molar-refractivity contribution in [3.63, 3.8) is 0 Å². The van der Waals surface area contributed by atoms with Crippen LogP contribution in [-0.2, 0) is 16.6 Å². The lowest BCUT2D eigenvalue weighted by molar-refractivity contribution is -0.386. The second-order valence-electron chi connectivity index (χ2n) is 4.43. The van der Waals surface area contributed by atoms with E-state index in [9.17, 15) is 18.5 Å². The van der Waals surface area contributed by atoms with Crippen molar-refractivity contribution in [2.75, 3.05) is 7.11 Å². The summed E-state index contributed by atoms with van der Waals surface area (Å²) >= 11 is 0. The SMILES string of the molecule is COc1ccc(S(=O)(=O)NCc2ncc(C)[nH]2)cc1[N+](=O)[O-]. The average Bonchev–Trinajstić information content (AvgIpc) is 2.90. The predicted molar refractivity (Wildman–Crippen MR) is 77.0 cm³/mol. The monoisotopic (exact) mass is 326 g/mol. The van der Waals surface area contributed by atoms with Crippen LogP contribution in [0, 0.1) is 17.0 Å². The molecular formula is C12H14N4O5S. The Morgan fingerprint density at radius 1 is 1.45 bits per heavy atom. The van der Waals surface area contributed by atoms with E-state index in [1.54, 1.807) is 13.1 Å². The maximum absolute atomic E-state index is 12.2. The maximum Gasteiger partial charge on any atom is 0.312 e. The largest absolute Gasteiger partial charge is 0.490 e. The molecule has 0 saturated carbocycles. The molecule has 10 heteroatoms. The van der Waals surface area contributed by atoms with Crippen LogP contribution in [0.2, 0.25) is 0 Å². The summed E-state index contributed by atoms with van der Waals surface area (Å²) in [4.78, 5) is 16.9. The number of methoxy groups -OCH3 is 1. The van der Waals surface area contributed by atoms with E-state index in [0.29, 0.717) is 5.82 Å². The normalized spacial score (nSPS) is 11.4. The lowest BCUT2D eigenvalue weighted by Gasteiger charge is -2.07. The first kappa shape index (κ1) is 15.9. The van der Waals surface area contributed by atoms with Gasteiger partial charge in [-0.15, -0.1) is 0 Å². The number of benzene rings is 1. The fraction of sp³-hybridized carbons (Fsp3) is 0.250. The van der Waals surface area contributed by atoms with E-state index in [0.717, 1.165) is 11.8 Å². The number of nitro benzene ring substituents is 1. The maximum atomic E-state index is 12.2. The molecule has 118 valence electrons. The molecule has 0 aliphatic heterocycles. The smallest absolute Gasteiger partial charge is 0.312 e. The summed E-state index contributed by atoms with van der Waals surface area (Å²) in [6.07, 6.45) is 1.57. The van der Waals surface area contributed by atoms with Crippen molar-refractivity contribution >= 4 is 15.7 Å². The molecule has 0 saturated heterocycles. The molecule has 0 aliphatic rings. The summed E-state index contributed by atoms with van der Waals surface area (Å²) in [6.45, 7) is 1.74. The van der Waals surface area contributed by atoms with E-state index in [4.69, 9.17) is 4.74 Å². The Morgan fingerprint density at radius 2 is 2.18 bits per heavy atom. The molecule has 22 heavy (non-hydrogen) atoms. The van der Waals surface area contributed by atoms with E-state index >= 15 is 0 Å². The molecule has 0 atom stereocenters. The topological polar surface area (TPSA) is 127 Å². The minimum atomic E-state index is -3.90. The third kappa shape index (κ3) is 3.40. The number of aryl methyl sites for hydroxylation is 1. The number of H-pyrrole nitrogens is 1. The van der Waals surface area contributed by atoms with Gasteiger partial charge in [-0.05, 0) is 19.1 Å². The first-order valence-electron chi connectivity index (χ1n) is 6.16. The highest BCUT2D eigenvalue weighted by atomic mass is 32.2. The van der Waals surface area contributed by atoms with Gasteiger partial charge in [0.1, 0.15) is 5.82 Å². The molecule has 0 bridgehead atoms. The summed E-state index contributed by atoms with van der Waals surface area (Å²) in [5.41, 5.74) is 0.383. The van der Waals surface area contributed by atoms with E-state index in [1.165, 1.54) is 19.2 Å². The van der Waals surface area contributed by atoms with E-state index in [2.05, 4.69) is 14.7 Å². The molecule has 0 spiro atoms. The van der Waals surface area contributed by atoms with Crippen LogP contribution < -0.4 is 9.46 Å². The first-order chi connectivity index (χ1) is 10.3. The minimum absolute atomic E-state index is 0.00870. The number of imidazole rings is 1. The Balaban J connectivity index is 2.25. The Bertz CT molecular complexity index is 800. The van der Waals surface area contributed by atoms with Crippen LogP contribution in [0.5, 0.6) is 5.75 Å². The second kappa shape index (κ2) is 6.12. The van der Waals surface area contributed by atoms with Crippen LogP contribution in [0.15, 0.2) is 29.3 Å². The van der Waals surface area contributed by atoms with Crippen molar-refractivity contribution in [1.29, 1.82) is 0 Å². The summed E-state index contributed by atoms with van der Waals surface area (Å²) in [5, 5.41) is 10.9. The lowest BCUT2D eigenvalue weighted by Crippen LogP contribution is -2.24. The fourth-order valence-corrected chi connectivity index (χ4v) is 2.79. The van der Waals surface area contributed by atoms with Crippen LogP contribution in [0.1, 0.15) is 11.5 Å². The zero-order chi connectivity index (χ0) is 16.3. The third-order valence-electron chi connectivity index (χ3n) is 2.84. The minimum Gasteiger partial charge on any atom is -0.490 e. The second-order valence-corrected chi connectivity index (χ2v) is 6.20. The van der Waals surface area contributed by atoms with Gasteiger partial charge in [-0.25, -0.2) is 18.1 Å². The van der Waals surface area contributed by atoms with Crippen molar-refractivity contribution in [3.8, 4) is 5.75 Å². The molecule has 9 nitrogen and oxygen atoms in total. The molecule has 2 aromatic rings. The van der Waals surface area contributed by atoms with Crippen LogP contribution >= 0.6 is 0 Å². The number of nitrogens with zero attached hydrogens (tertiary/aromatic N) is 2. The third-order valence-corrected chi connectivity index (χ3v) is 4.24. The fourth-order valence-electron chi connectivity index (χ4n) is 1.78. The zero-order valence-electron chi connectivity index (χ0n) is 11.9. The first-order valence-corrected chi connectivity index (χ1v) is 7.64.